The zero-order valence-corrected chi connectivity index (χ0v) is 17.5. The van der Waals surface area contributed by atoms with Crippen molar-refractivity contribution in [2.24, 2.45) is 0 Å². The van der Waals surface area contributed by atoms with E-state index in [0.717, 1.165) is 11.0 Å². The second kappa shape index (κ2) is 8.32. The van der Waals surface area contributed by atoms with Crippen molar-refractivity contribution in [1.29, 1.82) is 5.26 Å². The van der Waals surface area contributed by atoms with E-state index < -0.39 is 0 Å². The van der Waals surface area contributed by atoms with E-state index in [2.05, 4.69) is 21.0 Å². The van der Waals surface area contributed by atoms with Crippen LogP contribution in [0.5, 0.6) is 17.4 Å². The van der Waals surface area contributed by atoms with Gasteiger partial charge in [0.05, 0.1) is 23.7 Å². The zero-order chi connectivity index (χ0) is 22.8. The zero-order valence-electron chi connectivity index (χ0n) is 17.5. The molecule has 0 spiro atoms. The molecule has 33 heavy (non-hydrogen) atoms. The van der Waals surface area contributed by atoms with Crippen molar-refractivity contribution >= 4 is 28.3 Å². The van der Waals surface area contributed by atoms with Crippen molar-refractivity contribution in [3.8, 4) is 23.4 Å². The van der Waals surface area contributed by atoms with Crippen molar-refractivity contribution in [2.75, 3.05) is 7.11 Å². The average Bonchev–Trinajstić information content (AvgIpc) is 3.28. The maximum absolute atomic E-state index is 13.3. The molecule has 5 aromatic rings. The number of H-pyrrole nitrogens is 1. The van der Waals surface area contributed by atoms with Crippen LogP contribution in [0.15, 0.2) is 77.7 Å². The Labute approximate surface area is 188 Å². The number of pyridine rings is 1. The first kappa shape index (κ1) is 20.0. The molecular formula is C25H17N5O3. The van der Waals surface area contributed by atoms with Crippen molar-refractivity contribution in [1.82, 2.24) is 19.4 Å². The maximum atomic E-state index is 13.3. The molecule has 5 rings (SSSR count). The third-order valence-electron chi connectivity index (χ3n) is 5.06. The van der Waals surface area contributed by atoms with Crippen LogP contribution in [0.2, 0.25) is 0 Å². The minimum absolute atomic E-state index is 0.0835. The Morgan fingerprint density at radius 1 is 1.03 bits per heavy atom. The van der Waals surface area contributed by atoms with Gasteiger partial charge in [-0.2, -0.15) is 10.2 Å². The lowest BCUT2D eigenvalue weighted by Gasteiger charge is -2.10. The number of benzene rings is 2. The molecule has 0 bridgehead atoms. The van der Waals surface area contributed by atoms with Crippen LogP contribution in [0.4, 0.5) is 0 Å². The first-order valence-electron chi connectivity index (χ1n) is 10.1. The second-order valence-corrected chi connectivity index (χ2v) is 7.11. The fraction of sp³-hybridized carbons (Fsp3) is 0.0400. The summed E-state index contributed by atoms with van der Waals surface area (Å²) in [7, 11) is 1.58. The third kappa shape index (κ3) is 3.79. The first-order chi connectivity index (χ1) is 16.2. The largest absolute Gasteiger partial charge is 0.497 e. The number of ether oxygens (including phenoxy) is 2. The number of aromatic nitrogens is 4. The Morgan fingerprint density at radius 2 is 1.79 bits per heavy atom. The minimum atomic E-state index is -0.368. The average molecular weight is 435 g/mol. The van der Waals surface area contributed by atoms with Crippen LogP contribution >= 0.6 is 0 Å². The second-order valence-electron chi connectivity index (χ2n) is 7.11. The van der Waals surface area contributed by atoms with Gasteiger partial charge in [-0.1, -0.05) is 18.2 Å². The van der Waals surface area contributed by atoms with Gasteiger partial charge in [0.15, 0.2) is 0 Å². The number of allylic oxidation sites excluding steroid dienone is 1. The smallest absolute Gasteiger partial charge is 0.269 e. The molecule has 160 valence electrons. The summed E-state index contributed by atoms with van der Waals surface area (Å²) in [6.07, 6.45) is 3.07. The fourth-order valence-corrected chi connectivity index (χ4v) is 3.42. The number of para-hydroxylation sites is 2. The van der Waals surface area contributed by atoms with Crippen LogP contribution in [-0.2, 0) is 0 Å². The van der Waals surface area contributed by atoms with Crippen molar-refractivity contribution in [3.05, 3.63) is 94.7 Å². The highest BCUT2D eigenvalue weighted by atomic mass is 16.5. The van der Waals surface area contributed by atoms with E-state index in [1.807, 2.05) is 24.3 Å². The number of hydrogen-bond acceptors (Lipinski definition) is 6. The molecule has 3 heterocycles. The molecule has 0 unspecified atom stereocenters. The Morgan fingerprint density at radius 3 is 2.55 bits per heavy atom. The highest BCUT2D eigenvalue weighted by Crippen LogP contribution is 2.27. The Kier molecular flexibility index (Phi) is 5.05. The SMILES string of the molecule is COc1ccc(Oc2nc3ccccn3c(=O)c2C=C(C#N)c2nc3ccccc3[nH]2)cc1. The van der Waals surface area contributed by atoms with Crippen LogP contribution in [0.1, 0.15) is 11.4 Å². The third-order valence-corrected chi connectivity index (χ3v) is 5.06. The van der Waals surface area contributed by atoms with E-state index in [1.165, 1.54) is 10.5 Å². The topological polar surface area (TPSA) is 105 Å². The standard InChI is InChI=1S/C25H17N5O3/c1-32-17-9-11-18(12-10-17)33-24-19(25(31)30-13-5-4-8-22(30)29-24)14-16(15-26)23-27-20-6-2-3-7-21(20)28-23/h2-14H,1H3,(H,27,28). The molecule has 0 fully saturated rings. The number of hydrogen-bond donors (Lipinski definition) is 1. The van der Waals surface area contributed by atoms with Crippen LogP contribution in [0, 0.1) is 11.3 Å². The van der Waals surface area contributed by atoms with Crippen LogP contribution < -0.4 is 15.0 Å². The molecule has 0 saturated carbocycles. The molecule has 8 heteroatoms. The molecule has 0 aliphatic carbocycles. The molecular weight excluding hydrogens is 418 g/mol. The summed E-state index contributed by atoms with van der Waals surface area (Å²) in [5.74, 6) is 1.58. The van der Waals surface area contributed by atoms with Gasteiger partial charge in [-0.15, -0.1) is 0 Å². The van der Waals surface area contributed by atoms with Crippen molar-refractivity contribution in [3.63, 3.8) is 0 Å². The van der Waals surface area contributed by atoms with E-state index in [4.69, 9.17) is 9.47 Å². The minimum Gasteiger partial charge on any atom is -0.497 e. The Bertz CT molecular complexity index is 1570. The maximum Gasteiger partial charge on any atom is 0.269 e. The Balaban J connectivity index is 1.67. The summed E-state index contributed by atoms with van der Waals surface area (Å²) < 4.78 is 12.6. The number of nitrogens with one attached hydrogen (secondary N) is 1. The number of methoxy groups -OCH3 is 1. The Hall–Kier alpha value is -4.90. The first-order valence-corrected chi connectivity index (χ1v) is 10.1. The number of nitrogens with zero attached hydrogens (tertiary/aromatic N) is 4. The number of imidazole rings is 1. The van der Waals surface area contributed by atoms with E-state index >= 15 is 0 Å². The predicted octanol–water partition coefficient (Wildman–Crippen LogP) is 4.44. The summed E-state index contributed by atoms with van der Waals surface area (Å²) in [5, 5.41) is 9.85. The molecule has 0 atom stereocenters. The molecule has 0 saturated heterocycles. The van der Waals surface area contributed by atoms with Crippen LogP contribution in [0.3, 0.4) is 0 Å². The van der Waals surface area contributed by atoms with Crippen LogP contribution in [-0.4, -0.2) is 26.5 Å². The molecule has 0 amide bonds. The van der Waals surface area contributed by atoms with Gasteiger partial charge in [-0.05, 0) is 54.6 Å². The lowest BCUT2D eigenvalue weighted by Crippen LogP contribution is -2.18. The monoisotopic (exact) mass is 435 g/mol. The van der Waals surface area contributed by atoms with Crippen molar-refractivity contribution in [2.45, 2.75) is 0 Å². The molecule has 3 aromatic heterocycles. The lowest BCUT2D eigenvalue weighted by atomic mass is 10.2. The van der Waals surface area contributed by atoms with E-state index in [-0.39, 0.29) is 22.6 Å². The molecule has 0 radical (unpaired) electrons. The molecule has 0 aliphatic heterocycles. The van der Waals surface area contributed by atoms with Gasteiger partial charge < -0.3 is 14.5 Å². The summed E-state index contributed by atoms with van der Waals surface area (Å²) in [4.78, 5) is 25.4. The normalized spacial score (nSPS) is 11.5. The van der Waals surface area contributed by atoms with Gasteiger partial charge in [-0.3, -0.25) is 9.20 Å². The van der Waals surface area contributed by atoms with Gasteiger partial charge in [0, 0.05) is 6.20 Å². The summed E-state index contributed by atoms with van der Waals surface area (Å²) >= 11 is 0. The van der Waals surface area contributed by atoms with Gasteiger partial charge >= 0.3 is 0 Å². The molecule has 2 aromatic carbocycles. The van der Waals surface area contributed by atoms with E-state index in [1.54, 1.807) is 55.8 Å². The molecule has 8 nitrogen and oxygen atoms in total. The number of aromatic amines is 1. The summed E-state index contributed by atoms with van der Waals surface area (Å²) in [6.45, 7) is 0. The van der Waals surface area contributed by atoms with Gasteiger partial charge in [0.1, 0.15) is 34.6 Å². The lowest BCUT2D eigenvalue weighted by molar-refractivity contribution is 0.412. The highest BCUT2D eigenvalue weighted by molar-refractivity contribution is 5.91. The highest BCUT2D eigenvalue weighted by Gasteiger charge is 2.16. The fourth-order valence-electron chi connectivity index (χ4n) is 3.42. The number of nitriles is 1. The van der Waals surface area contributed by atoms with Gasteiger partial charge in [-0.25, -0.2) is 4.98 Å². The van der Waals surface area contributed by atoms with Crippen molar-refractivity contribution < 1.29 is 9.47 Å². The molecule has 1 N–H and O–H groups in total. The van der Waals surface area contributed by atoms with E-state index in [9.17, 15) is 10.1 Å². The summed E-state index contributed by atoms with van der Waals surface area (Å²) in [6, 6.07) is 21.7. The van der Waals surface area contributed by atoms with Gasteiger partial charge in [0.25, 0.3) is 5.56 Å². The molecule has 0 aliphatic rings. The number of rotatable bonds is 5. The van der Waals surface area contributed by atoms with E-state index in [0.29, 0.717) is 23.0 Å². The summed E-state index contributed by atoms with van der Waals surface area (Å²) in [5.41, 5.74) is 1.87. The van der Waals surface area contributed by atoms with Crippen LogP contribution in [0.25, 0.3) is 28.3 Å². The quantitative estimate of drug-likeness (QED) is 0.409. The van der Waals surface area contributed by atoms with Gasteiger partial charge in [0.2, 0.25) is 5.88 Å². The predicted molar refractivity (Wildman–Crippen MR) is 124 cm³/mol. The number of fused-ring (bicyclic) bond motifs is 2.